The van der Waals surface area contributed by atoms with Crippen LogP contribution in [0.3, 0.4) is 0 Å². The Balaban J connectivity index is 0.00000441. The minimum absolute atomic E-state index is 0. The van der Waals surface area contributed by atoms with E-state index in [1.807, 2.05) is 25.1 Å². The molecule has 0 aliphatic carbocycles. The quantitative estimate of drug-likeness (QED) is 0.674. The van der Waals surface area contributed by atoms with Crippen molar-refractivity contribution in [3.05, 3.63) is 35.4 Å². The van der Waals surface area contributed by atoms with E-state index in [1.165, 1.54) is 0 Å². The van der Waals surface area contributed by atoms with Crippen LogP contribution in [0.5, 0.6) is 0 Å². The molecule has 0 fully saturated rings. The summed E-state index contributed by atoms with van der Waals surface area (Å²) in [5.41, 5.74) is 6.93. The number of hydrogen-bond donors (Lipinski definition) is 3. The predicted molar refractivity (Wildman–Crippen MR) is 90.1 cm³/mol. The SMILES string of the molecule is CC(N)C(=O)NCc1cccc(C(=O)NCCN(C)C)c1.Cl. The van der Waals surface area contributed by atoms with Gasteiger partial charge in [-0.15, -0.1) is 12.4 Å². The Labute approximate surface area is 137 Å². The molecule has 0 spiro atoms. The molecular weight excluding hydrogens is 304 g/mol. The average molecular weight is 329 g/mol. The summed E-state index contributed by atoms with van der Waals surface area (Å²) >= 11 is 0. The van der Waals surface area contributed by atoms with Gasteiger partial charge in [-0.05, 0) is 38.7 Å². The number of hydrogen-bond acceptors (Lipinski definition) is 4. The van der Waals surface area contributed by atoms with E-state index in [-0.39, 0.29) is 24.2 Å². The van der Waals surface area contributed by atoms with E-state index in [0.717, 1.165) is 12.1 Å². The summed E-state index contributed by atoms with van der Waals surface area (Å²) in [7, 11) is 3.90. The van der Waals surface area contributed by atoms with Crippen molar-refractivity contribution in [3.8, 4) is 0 Å². The fraction of sp³-hybridized carbons (Fsp3) is 0.467. The molecule has 0 saturated carbocycles. The van der Waals surface area contributed by atoms with Gasteiger partial charge in [-0.3, -0.25) is 9.59 Å². The fourth-order valence-electron chi connectivity index (χ4n) is 1.67. The van der Waals surface area contributed by atoms with Gasteiger partial charge in [-0.1, -0.05) is 12.1 Å². The van der Waals surface area contributed by atoms with Crippen LogP contribution in [-0.2, 0) is 11.3 Å². The Morgan fingerprint density at radius 1 is 1.27 bits per heavy atom. The first-order chi connectivity index (χ1) is 9.90. The third-order valence-electron chi connectivity index (χ3n) is 2.91. The van der Waals surface area contributed by atoms with E-state index in [1.54, 1.807) is 25.1 Å². The van der Waals surface area contributed by atoms with Gasteiger partial charge in [-0.2, -0.15) is 0 Å². The molecule has 0 bridgehead atoms. The Morgan fingerprint density at radius 3 is 2.55 bits per heavy atom. The van der Waals surface area contributed by atoms with Gasteiger partial charge >= 0.3 is 0 Å². The van der Waals surface area contributed by atoms with Gasteiger partial charge in [0.05, 0.1) is 6.04 Å². The highest BCUT2D eigenvalue weighted by Crippen LogP contribution is 2.05. The molecule has 7 heteroatoms. The van der Waals surface area contributed by atoms with Crippen LogP contribution in [0.1, 0.15) is 22.8 Å². The summed E-state index contributed by atoms with van der Waals surface area (Å²) in [5, 5.41) is 5.57. The monoisotopic (exact) mass is 328 g/mol. The minimum atomic E-state index is -0.539. The highest BCUT2D eigenvalue weighted by Gasteiger charge is 2.08. The molecule has 1 aromatic rings. The van der Waals surface area contributed by atoms with Crippen molar-refractivity contribution < 1.29 is 9.59 Å². The second-order valence-electron chi connectivity index (χ2n) is 5.27. The summed E-state index contributed by atoms with van der Waals surface area (Å²) in [5.74, 6) is -0.326. The molecule has 2 amide bonds. The van der Waals surface area contributed by atoms with Gasteiger partial charge in [0.25, 0.3) is 5.91 Å². The second-order valence-corrected chi connectivity index (χ2v) is 5.27. The maximum atomic E-state index is 12.0. The third kappa shape index (κ3) is 7.40. The van der Waals surface area contributed by atoms with Crippen LogP contribution in [0, 0.1) is 0 Å². The van der Waals surface area contributed by atoms with E-state index in [2.05, 4.69) is 10.6 Å². The number of carbonyl (C=O) groups is 2. The van der Waals surface area contributed by atoms with Gasteiger partial charge in [0.1, 0.15) is 0 Å². The average Bonchev–Trinajstić information content (AvgIpc) is 2.44. The zero-order chi connectivity index (χ0) is 15.8. The molecule has 1 aromatic carbocycles. The van der Waals surface area contributed by atoms with Crippen LogP contribution in [0.25, 0.3) is 0 Å². The largest absolute Gasteiger partial charge is 0.351 e. The number of amides is 2. The molecule has 4 N–H and O–H groups in total. The molecule has 1 atom stereocenters. The van der Waals surface area contributed by atoms with Crippen molar-refractivity contribution >= 4 is 24.2 Å². The molecule has 22 heavy (non-hydrogen) atoms. The first-order valence-electron chi connectivity index (χ1n) is 6.95. The summed E-state index contributed by atoms with van der Waals surface area (Å²) < 4.78 is 0. The van der Waals surface area contributed by atoms with Gasteiger partial charge < -0.3 is 21.3 Å². The van der Waals surface area contributed by atoms with E-state index in [4.69, 9.17) is 5.73 Å². The lowest BCUT2D eigenvalue weighted by molar-refractivity contribution is -0.122. The topological polar surface area (TPSA) is 87.5 Å². The zero-order valence-electron chi connectivity index (χ0n) is 13.3. The van der Waals surface area contributed by atoms with Crippen LogP contribution in [0.2, 0.25) is 0 Å². The lowest BCUT2D eigenvalue weighted by Crippen LogP contribution is -2.37. The molecule has 0 saturated heterocycles. The first kappa shape index (κ1) is 20.4. The van der Waals surface area contributed by atoms with Crippen LogP contribution >= 0.6 is 12.4 Å². The number of likely N-dealkylation sites (N-methyl/N-ethyl adjacent to an activating group) is 1. The lowest BCUT2D eigenvalue weighted by atomic mass is 10.1. The standard InChI is InChI=1S/C15H24N4O2.ClH/c1-11(16)14(20)18-10-12-5-4-6-13(9-12)15(21)17-7-8-19(2)3;/h4-6,9,11H,7-8,10,16H2,1-3H3,(H,17,21)(H,18,20);1H. The molecule has 0 aliphatic heterocycles. The Kier molecular flexibility index (Phi) is 9.40. The van der Waals surface area contributed by atoms with Gasteiger partial charge in [0.2, 0.25) is 5.91 Å². The summed E-state index contributed by atoms with van der Waals surface area (Å²) in [6.45, 7) is 3.37. The second kappa shape index (κ2) is 10.2. The van der Waals surface area contributed by atoms with E-state index in [0.29, 0.717) is 18.7 Å². The van der Waals surface area contributed by atoms with Gasteiger partial charge in [0, 0.05) is 25.2 Å². The van der Waals surface area contributed by atoms with Gasteiger partial charge in [-0.25, -0.2) is 0 Å². The lowest BCUT2D eigenvalue weighted by Gasteiger charge is -2.11. The number of carbonyl (C=O) groups excluding carboxylic acids is 2. The van der Waals surface area contributed by atoms with Crippen molar-refractivity contribution in [1.29, 1.82) is 0 Å². The highest BCUT2D eigenvalue weighted by molar-refractivity contribution is 5.94. The van der Waals surface area contributed by atoms with E-state index >= 15 is 0 Å². The number of benzene rings is 1. The number of rotatable bonds is 7. The van der Waals surface area contributed by atoms with Gasteiger partial charge in [0.15, 0.2) is 0 Å². The minimum Gasteiger partial charge on any atom is -0.351 e. The fourth-order valence-corrected chi connectivity index (χ4v) is 1.67. The Bertz CT molecular complexity index is 492. The maximum absolute atomic E-state index is 12.0. The molecule has 124 valence electrons. The van der Waals surface area contributed by atoms with Crippen molar-refractivity contribution in [2.45, 2.75) is 19.5 Å². The normalized spacial score (nSPS) is 11.5. The maximum Gasteiger partial charge on any atom is 0.251 e. The number of nitrogens with two attached hydrogens (primary N) is 1. The summed E-state index contributed by atoms with van der Waals surface area (Å²) in [4.78, 5) is 25.4. The van der Waals surface area contributed by atoms with Crippen LogP contribution < -0.4 is 16.4 Å². The van der Waals surface area contributed by atoms with Crippen LogP contribution in [0.4, 0.5) is 0 Å². The molecule has 0 aliphatic rings. The highest BCUT2D eigenvalue weighted by atomic mass is 35.5. The predicted octanol–water partition coefficient (Wildman–Crippen LogP) is 0.363. The molecular formula is C15H25ClN4O2. The Hall–Kier alpha value is -1.63. The van der Waals surface area contributed by atoms with E-state index < -0.39 is 6.04 Å². The Morgan fingerprint density at radius 2 is 1.95 bits per heavy atom. The van der Waals surface area contributed by atoms with Crippen LogP contribution in [-0.4, -0.2) is 49.9 Å². The number of halogens is 1. The third-order valence-corrected chi connectivity index (χ3v) is 2.91. The number of nitrogens with one attached hydrogen (secondary N) is 2. The van der Waals surface area contributed by atoms with E-state index in [9.17, 15) is 9.59 Å². The molecule has 1 unspecified atom stereocenters. The summed E-state index contributed by atoms with van der Waals surface area (Å²) in [6.07, 6.45) is 0. The molecule has 0 heterocycles. The van der Waals surface area contributed by atoms with Crippen molar-refractivity contribution in [2.24, 2.45) is 5.73 Å². The molecule has 1 rings (SSSR count). The molecule has 0 aromatic heterocycles. The smallest absolute Gasteiger partial charge is 0.251 e. The van der Waals surface area contributed by atoms with Crippen molar-refractivity contribution in [2.75, 3.05) is 27.2 Å². The molecule has 6 nitrogen and oxygen atoms in total. The molecule has 0 radical (unpaired) electrons. The summed E-state index contributed by atoms with van der Waals surface area (Å²) in [6, 6.07) is 6.64. The first-order valence-corrected chi connectivity index (χ1v) is 6.95. The van der Waals surface area contributed by atoms with Crippen LogP contribution in [0.15, 0.2) is 24.3 Å². The van der Waals surface area contributed by atoms with Crippen molar-refractivity contribution in [1.82, 2.24) is 15.5 Å². The van der Waals surface area contributed by atoms with Crippen molar-refractivity contribution in [3.63, 3.8) is 0 Å². The number of nitrogens with zero attached hydrogens (tertiary/aromatic N) is 1. The zero-order valence-corrected chi connectivity index (χ0v) is 14.1.